The van der Waals surface area contributed by atoms with Crippen molar-refractivity contribution in [1.82, 2.24) is 10.3 Å². The van der Waals surface area contributed by atoms with Gasteiger partial charge in [0.15, 0.2) is 0 Å². The normalized spacial score (nSPS) is 21.7. The van der Waals surface area contributed by atoms with E-state index in [1.165, 1.54) is 31.2 Å². The number of aliphatic carboxylic acids is 2. The number of pyridine rings is 1. The molecule has 1 fully saturated rings. The minimum absolute atomic E-state index is 0.0359. The lowest BCUT2D eigenvalue weighted by Crippen LogP contribution is -2.43. The third kappa shape index (κ3) is 6.05. The summed E-state index contributed by atoms with van der Waals surface area (Å²) in [5.41, 5.74) is -1.65. The number of rotatable bonds is 3. The molecular weight excluding hydrogens is 391 g/mol. The van der Waals surface area contributed by atoms with Gasteiger partial charge in [-0.25, -0.2) is 9.78 Å². The lowest BCUT2D eigenvalue weighted by atomic mass is 9.80. The van der Waals surface area contributed by atoms with E-state index in [4.69, 9.17) is 10.2 Å². The molecular formula is C19H22F3N3O4. The van der Waals surface area contributed by atoms with Crippen LogP contribution in [-0.4, -0.2) is 53.3 Å². The van der Waals surface area contributed by atoms with Crippen LogP contribution < -0.4 is 10.2 Å². The number of carbonyl (C=O) groups is 2. The second kappa shape index (κ2) is 9.08. The first-order chi connectivity index (χ1) is 13.5. The number of allylic oxidation sites excluding steroid dienone is 2. The fraction of sp³-hybridized carbons (Fsp3) is 0.421. The van der Waals surface area contributed by atoms with Gasteiger partial charge in [-0.05, 0) is 25.5 Å². The fourth-order valence-corrected chi connectivity index (χ4v) is 2.82. The number of alkyl halides is 3. The van der Waals surface area contributed by atoms with Gasteiger partial charge in [-0.1, -0.05) is 18.2 Å². The van der Waals surface area contributed by atoms with Crippen molar-refractivity contribution < 1.29 is 33.0 Å². The maximum absolute atomic E-state index is 12.3. The van der Waals surface area contributed by atoms with Crippen molar-refractivity contribution in [2.75, 3.05) is 31.1 Å². The van der Waals surface area contributed by atoms with Crippen molar-refractivity contribution in [2.24, 2.45) is 5.41 Å². The van der Waals surface area contributed by atoms with Gasteiger partial charge in [0, 0.05) is 37.9 Å². The lowest BCUT2D eigenvalue weighted by molar-refractivity contribution is -0.145. The highest BCUT2D eigenvalue weighted by Gasteiger charge is 2.34. The second-order valence-corrected chi connectivity index (χ2v) is 6.90. The molecule has 2 heterocycles. The largest absolute Gasteiger partial charge is 0.481 e. The molecule has 0 unspecified atom stereocenters. The van der Waals surface area contributed by atoms with Gasteiger partial charge in [-0.3, -0.25) is 4.79 Å². The first-order valence-corrected chi connectivity index (χ1v) is 8.87. The summed E-state index contributed by atoms with van der Waals surface area (Å²) in [5.74, 6) is -1.46. The highest BCUT2D eigenvalue weighted by Crippen LogP contribution is 2.31. The number of nitrogens with one attached hydrogen (secondary N) is 1. The number of piperazine rings is 1. The zero-order chi connectivity index (χ0) is 21.7. The maximum Gasteiger partial charge on any atom is 0.417 e. The van der Waals surface area contributed by atoms with E-state index in [0.29, 0.717) is 5.82 Å². The topological polar surface area (TPSA) is 103 Å². The van der Waals surface area contributed by atoms with Gasteiger partial charge in [0.25, 0.3) is 0 Å². The van der Waals surface area contributed by atoms with Gasteiger partial charge in [-0.15, -0.1) is 0 Å². The average molecular weight is 413 g/mol. The van der Waals surface area contributed by atoms with Crippen LogP contribution in [0.5, 0.6) is 0 Å². The lowest BCUT2D eigenvalue weighted by Gasteiger charge is -2.28. The molecule has 2 aliphatic rings. The molecule has 29 heavy (non-hydrogen) atoms. The summed E-state index contributed by atoms with van der Waals surface area (Å²) < 4.78 is 36.9. The second-order valence-electron chi connectivity index (χ2n) is 6.90. The molecule has 0 bridgehead atoms. The van der Waals surface area contributed by atoms with Gasteiger partial charge >= 0.3 is 18.1 Å². The van der Waals surface area contributed by atoms with Crippen LogP contribution in [0.15, 0.2) is 42.1 Å². The molecule has 3 rings (SSSR count). The van der Waals surface area contributed by atoms with E-state index in [1.54, 1.807) is 0 Å². The van der Waals surface area contributed by atoms with Crippen molar-refractivity contribution >= 4 is 17.8 Å². The standard InChI is InChI=1S/C10H12F3N3.C9H10O4/c11-10(12,13)8-1-2-9(15-7-8)16-5-3-14-4-6-16;1-9(8(12)13)4-2-3-6(5-9)7(10)11/h1-2,7,14H,3-6H2;2-4H,5H2,1H3,(H,10,11)(H,12,13)/t;9-/m.1/s1. The molecule has 1 saturated heterocycles. The molecule has 1 aromatic heterocycles. The fourth-order valence-electron chi connectivity index (χ4n) is 2.82. The Morgan fingerprint density at radius 3 is 2.34 bits per heavy atom. The predicted octanol–water partition coefficient (Wildman–Crippen LogP) is 2.56. The number of halogens is 3. The molecule has 1 aromatic rings. The van der Waals surface area contributed by atoms with Crippen LogP contribution in [0, 0.1) is 5.41 Å². The minimum Gasteiger partial charge on any atom is -0.481 e. The SMILES string of the molecule is C[C@@]1(C(=O)O)C=CC=C(C(=O)O)C1.FC(F)(F)c1ccc(N2CCNCC2)nc1. The summed E-state index contributed by atoms with van der Waals surface area (Å²) in [6.07, 6.45) is 1.01. The number of hydrogen-bond acceptors (Lipinski definition) is 5. The van der Waals surface area contributed by atoms with Crippen molar-refractivity contribution in [3.63, 3.8) is 0 Å². The Hall–Kier alpha value is -2.88. The van der Waals surface area contributed by atoms with Crippen LogP contribution in [-0.2, 0) is 15.8 Å². The molecule has 1 atom stereocenters. The Bertz CT molecular complexity index is 800. The molecule has 0 radical (unpaired) electrons. The summed E-state index contributed by atoms with van der Waals surface area (Å²) >= 11 is 0. The molecule has 7 nitrogen and oxygen atoms in total. The van der Waals surface area contributed by atoms with Gasteiger partial charge < -0.3 is 20.4 Å². The minimum atomic E-state index is -4.31. The molecule has 0 saturated carbocycles. The summed E-state index contributed by atoms with van der Waals surface area (Å²) in [7, 11) is 0. The molecule has 10 heteroatoms. The maximum atomic E-state index is 12.3. The summed E-state index contributed by atoms with van der Waals surface area (Å²) in [4.78, 5) is 27.2. The molecule has 0 amide bonds. The number of hydrogen-bond donors (Lipinski definition) is 3. The van der Waals surface area contributed by atoms with Gasteiger partial charge in [0.05, 0.1) is 11.0 Å². The Labute approximate surface area is 165 Å². The van der Waals surface area contributed by atoms with Crippen molar-refractivity contribution in [1.29, 1.82) is 0 Å². The van der Waals surface area contributed by atoms with Crippen molar-refractivity contribution in [3.05, 3.63) is 47.7 Å². The van der Waals surface area contributed by atoms with Crippen LogP contribution in [0.2, 0.25) is 0 Å². The van der Waals surface area contributed by atoms with E-state index >= 15 is 0 Å². The van der Waals surface area contributed by atoms with Crippen LogP contribution in [0.25, 0.3) is 0 Å². The first-order valence-electron chi connectivity index (χ1n) is 8.87. The Balaban J connectivity index is 0.000000212. The average Bonchev–Trinajstić information content (AvgIpc) is 2.68. The number of aromatic nitrogens is 1. The Morgan fingerprint density at radius 2 is 1.86 bits per heavy atom. The number of carboxylic acids is 2. The van der Waals surface area contributed by atoms with Crippen LogP contribution in [0.3, 0.4) is 0 Å². The molecule has 158 valence electrons. The monoisotopic (exact) mass is 413 g/mol. The van der Waals surface area contributed by atoms with Gasteiger partial charge in [0.2, 0.25) is 0 Å². The van der Waals surface area contributed by atoms with E-state index in [0.717, 1.165) is 38.4 Å². The molecule has 0 aromatic carbocycles. The van der Waals surface area contributed by atoms with Crippen LogP contribution in [0.1, 0.15) is 18.9 Å². The molecule has 1 aliphatic heterocycles. The van der Waals surface area contributed by atoms with Crippen molar-refractivity contribution in [3.8, 4) is 0 Å². The van der Waals surface area contributed by atoms with E-state index in [9.17, 15) is 22.8 Å². The number of nitrogens with zero attached hydrogens (tertiary/aromatic N) is 2. The zero-order valence-corrected chi connectivity index (χ0v) is 15.7. The third-order valence-corrected chi connectivity index (χ3v) is 4.60. The Morgan fingerprint density at radius 1 is 1.21 bits per heavy atom. The smallest absolute Gasteiger partial charge is 0.417 e. The molecule has 3 N–H and O–H groups in total. The molecule has 1 aliphatic carbocycles. The van der Waals surface area contributed by atoms with Crippen LogP contribution in [0.4, 0.5) is 19.0 Å². The van der Waals surface area contributed by atoms with E-state index in [1.807, 2.05) is 4.90 Å². The number of carboxylic acid groups (broad SMARTS) is 2. The molecule has 0 spiro atoms. The first kappa shape index (κ1) is 22.4. The summed E-state index contributed by atoms with van der Waals surface area (Å²) in [5, 5.41) is 20.7. The van der Waals surface area contributed by atoms with Gasteiger partial charge in [0.1, 0.15) is 5.82 Å². The number of anilines is 1. The third-order valence-electron chi connectivity index (χ3n) is 4.60. The van der Waals surface area contributed by atoms with E-state index in [2.05, 4.69) is 10.3 Å². The van der Waals surface area contributed by atoms with Crippen LogP contribution >= 0.6 is 0 Å². The highest BCUT2D eigenvalue weighted by atomic mass is 19.4. The van der Waals surface area contributed by atoms with Crippen molar-refractivity contribution in [2.45, 2.75) is 19.5 Å². The zero-order valence-electron chi connectivity index (χ0n) is 15.7. The highest BCUT2D eigenvalue weighted by molar-refractivity contribution is 5.90. The van der Waals surface area contributed by atoms with E-state index < -0.39 is 29.1 Å². The Kier molecular flexibility index (Phi) is 7.02. The van der Waals surface area contributed by atoms with Gasteiger partial charge in [-0.2, -0.15) is 13.2 Å². The summed E-state index contributed by atoms with van der Waals surface area (Å²) in [6.45, 7) is 4.73. The summed E-state index contributed by atoms with van der Waals surface area (Å²) in [6, 6.07) is 2.50. The van der Waals surface area contributed by atoms with E-state index in [-0.39, 0.29) is 12.0 Å². The predicted molar refractivity (Wildman–Crippen MR) is 99.5 cm³/mol. The quantitative estimate of drug-likeness (QED) is 0.700.